The summed E-state index contributed by atoms with van der Waals surface area (Å²) in [5, 5.41) is 8.58. The number of hydrogen-bond acceptors (Lipinski definition) is 5. The van der Waals surface area contributed by atoms with Crippen LogP contribution < -0.4 is 20.7 Å². The maximum absolute atomic E-state index is 13.7. The third kappa shape index (κ3) is 9.16. The number of amides is 3. The molecule has 48 heavy (non-hydrogen) atoms. The number of thioether (sulfide) groups is 1. The van der Waals surface area contributed by atoms with Crippen LogP contribution in [0.2, 0.25) is 5.02 Å². The van der Waals surface area contributed by atoms with Gasteiger partial charge in [0.25, 0.3) is 11.8 Å². The van der Waals surface area contributed by atoms with E-state index in [-0.39, 0.29) is 11.6 Å². The highest BCUT2D eigenvalue weighted by Gasteiger charge is 2.24. The molecule has 0 aliphatic carbocycles. The van der Waals surface area contributed by atoms with E-state index in [2.05, 4.69) is 31.9 Å². The molecule has 5 aromatic carbocycles. The van der Waals surface area contributed by atoms with Crippen LogP contribution in [0.15, 0.2) is 136 Å². The predicted octanol–water partition coefficient (Wildman–Crippen LogP) is 9.30. The molecular formula is C38H31BrClN3O4S. The Morgan fingerprint density at radius 2 is 1.48 bits per heavy atom. The molecule has 0 aromatic heterocycles. The number of carbonyl (C=O) groups is 3. The molecule has 1 atom stereocenters. The van der Waals surface area contributed by atoms with E-state index < -0.39 is 17.1 Å². The Morgan fingerprint density at radius 3 is 2.12 bits per heavy atom. The van der Waals surface area contributed by atoms with Crippen molar-refractivity contribution in [3.8, 4) is 5.75 Å². The maximum Gasteiger partial charge on any atom is 0.272 e. The molecular weight excluding hydrogens is 710 g/mol. The summed E-state index contributed by atoms with van der Waals surface area (Å²) in [6.45, 7) is 1.86. The Balaban J connectivity index is 1.34. The highest BCUT2D eigenvalue weighted by Crippen LogP contribution is 2.38. The molecule has 0 radical (unpaired) electrons. The van der Waals surface area contributed by atoms with Crippen LogP contribution in [-0.2, 0) is 9.59 Å². The zero-order valence-corrected chi connectivity index (χ0v) is 29.2. The lowest BCUT2D eigenvalue weighted by atomic mass is 10.1. The van der Waals surface area contributed by atoms with E-state index >= 15 is 0 Å². The second-order valence-electron chi connectivity index (χ2n) is 10.6. The van der Waals surface area contributed by atoms with E-state index in [4.69, 9.17) is 16.3 Å². The second-order valence-corrected chi connectivity index (χ2v) is 13.1. The minimum absolute atomic E-state index is 0.0818. The number of rotatable bonds is 11. The Kier molecular flexibility index (Phi) is 11.7. The normalized spacial score (nSPS) is 11.7. The van der Waals surface area contributed by atoms with Gasteiger partial charge in [0.05, 0.1) is 12.8 Å². The van der Waals surface area contributed by atoms with E-state index in [9.17, 15) is 14.4 Å². The van der Waals surface area contributed by atoms with Crippen LogP contribution in [0.3, 0.4) is 0 Å². The lowest BCUT2D eigenvalue weighted by Crippen LogP contribution is -2.30. The molecule has 5 aromatic rings. The van der Waals surface area contributed by atoms with E-state index in [1.165, 1.54) is 18.9 Å². The minimum Gasteiger partial charge on any atom is -0.495 e. The van der Waals surface area contributed by atoms with Crippen LogP contribution >= 0.6 is 39.3 Å². The number of carbonyl (C=O) groups excluding carboxylic acids is 3. The van der Waals surface area contributed by atoms with Gasteiger partial charge >= 0.3 is 0 Å². The third-order valence-electron chi connectivity index (χ3n) is 7.16. The van der Waals surface area contributed by atoms with Gasteiger partial charge in [-0.1, -0.05) is 88.2 Å². The van der Waals surface area contributed by atoms with E-state index in [0.717, 1.165) is 26.1 Å². The predicted molar refractivity (Wildman–Crippen MR) is 198 cm³/mol. The highest BCUT2D eigenvalue weighted by molar-refractivity contribution is 9.10. The minimum atomic E-state index is -0.596. The Morgan fingerprint density at radius 1 is 0.833 bits per heavy atom. The first-order valence-electron chi connectivity index (χ1n) is 14.8. The first-order valence-corrected chi connectivity index (χ1v) is 16.9. The van der Waals surface area contributed by atoms with Gasteiger partial charge in [-0.05, 0) is 84.3 Å². The van der Waals surface area contributed by atoms with Crippen molar-refractivity contribution in [3.63, 3.8) is 0 Å². The molecule has 1 unspecified atom stereocenters. The van der Waals surface area contributed by atoms with E-state index in [0.29, 0.717) is 27.7 Å². The zero-order chi connectivity index (χ0) is 34.0. The number of ether oxygens (including phenoxy) is 1. The molecule has 7 nitrogen and oxygen atoms in total. The standard InChI is InChI=1S/C38H31BrClN3O4S/c1-24-21-32(34(47-2)23-31(24)40)42-38(46)35(26-9-5-3-6-10-26)48-30-19-17-29(18-20-30)41-37(45)33(22-25-13-15-28(39)16-14-25)43-36(44)27-11-7-4-8-12-27/h3-23,35H,1-2H3,(H,41,45)(H,42,46)(H,43,44)/b33-22-. The summed E-state index contributed by atoms with van der Waals surface area (Å²) in [4.78, 5) is 41.0. The summed E-state index contributed by atoms with van der Waals surface area (Å²) < 4.78 is 6.35. The van der Waals surface area contributed by atoms with Gasteiger partial charge in [0.1, 0.15) is 16.7 Å². The first kappa shape index (κ1) is 34.5. The lowest BCUT2D eigenvalue weighted by Gasteiger charge is -2.19. The monoisotopic (exact) mass is 739 g/mol. The van der Waals surface area contributed by atoms with Crippen molar-refractivity contribution in [1.82, 2.24) is 5.32 Å². The summed E-state index contributed by atoms with van der Waals surface area (Å²) in [5.41, 5.74) is 3.91. The molecule has 0 aliphatic rings. The molecule has 0 spiro atoms. The fraction of sp³-hybridized carbons (Fsp3) is 0.0789. The quantitative estimate of drug-likeness (QED) is 0.0927. The largest absolute Gasteiger partial charge is 0.495 e. The fourth-order valence-electron chi connectivity index (χ4n) is 4.65. The Labute approximate surface area is 296 Å². The van der Waals surface area contributed by atoms with Crippen molar-refractivity contribution in [2.24, 2.45) is 0 Å². The van der Waals surface area contributed by atoms with E-state index in [1.807, 2.05) is 79.7 Å². The van der Waals surface area contributed by atoms with Crippen molar-refractivity contribution in [1.29, 1.82) is 0 Å². The van der Waals surface area contributed by atoms with Crippen molar-refractivity contribution in [2.75, 3.05) is 17.7 Å². The molecule has 3 N–H and O–H groups in total. The molecule has 0 heterocycles. The van der Waals surface area contributed by atoms with Gasteiger partial charge in [-0.15, -0.1) is 11.8 Å². The second kappa shape index (κ2) is 16.3. The average Bonchev–Trinajstić information content (AvgIpc) is 3.10. The number of anilines is 2. The van der Waals surface area contributed by atoms with Crippen molar-refractivity contribution in [2.45, 2.75) is 17.1 Å². The van der Waals surface area contributed by atoms with Crippen molar-refractivity contribution in [3.05, 3.63) is 159 Å². The van der Waals surface area contributed by atoms with Crippen LogP contribution in [0.5, 0.6) is 5.75 Å². The number of aryl methyl sites for hydroxylation is 1. The van der Waals surface area contributed by atoms with Crippen LogP contribution in [-0.4, -0.2) is 24.8 Å². The van der Waals surface area contributed by atoms with Crippen LogP contribution in [0.25, 0.3) is 6.08 Å². The first-order chi connectivity index (χ1) is 23.2. The summed E-state index contributed by atoms with van der Waals surface area (Å²) in [6, 6.07) is 36.2. The fourth-order valence-corrected chi connectivity index (χ4v) is 6.09. The van der Waals surface area contributed by atoms with Gasteiger partial charge in [-0.3, -0.25) is 14.4 Å². The van der Waals surface area contributed by atoms with Crippen LogP contribution in [0.1, 0.15) is 32.3 Å². The summed E-state index contributed by atoms with van der Waals surface area (Å²) in [6.07, 6.45) is 1.62. The number of hydrogen-bond donors (Lipinski definition) is 3. The number of nitrogens with one attached hydrogen (secondary N) is 3. The molecule has 0 fully saturated rings. The molecule has 0 bridgehead atoms. The van der Waals surface area contributed by atoms with E-state index in [1.54, 1.807) is 54.6 Å². The SMILES string of the molecule is COc1cc(Cl)c(C)cc1NC(=O)C(Sc1ccc(NC(=O)/C(=C/c2ccc(Br)cc2)NC(=O)c2ccccc2)cc1)c1ccccc1. The summed E-state index contributed by atoms with van der Waals surface area (Å²) >= 11 is 11.1. The van der Waals surface area contributed by atoms with Crippen LogP contribution in [0.4, 0.5) is 11.4 Å². The van der Waals surface area contributed by atoms with Gasteiger partial charge < -0.3 is 20.7 Å². The topological polar surface area (TPSA) is 96.5 Å². The van der Waals surface area contributed by atoms with Crippen molar-refractivity contribution >= 4 is 74.5 Å². The number of methoxy groups -OCH3 is 1. The average molecular weight is 741 g/mol. The van der Waals surface area contributed by atoms with Gasteiger partial charge in [-0.2, -0.15) is 0 Å². The van der Waals surface area contributed by atoms with Gasteiger partial charge in [-0.25, -0.2) is 0 Å². The number of benzene rings is 5. The summed E-state index contributed by atoms with van der Waals surface area (Å²) in [5.74, 6) is -0.668. The summed E-state index contributed by atoms with van der Waals surface area (Å²) in [7, 11) is 1.52. The Hall–Kier alpha value is -4.83. The molecule has 0 aliphatic heterocycles. The number of halogens is 2. The Bertz CT molecular complexity index is 1940. The lowest BCUT2D eigenvalue weighted by molar-refractivity contribution is -0.116. The van der Waals surface area contributed by atoms with Crippen molar-refractivity contribution < 1.29 is 19.1 Å². The molecule has 10 heteroatoms. The zero-order valence-electron chi connectivity index (χ0n) is 26.0. The third-order valence-corrected chi connectivity index (χ3v) is 9.36. The van der Waals surface area contributed by atoms with Crippen LogP contribution in [0, 0.1) is 6.92 Å². The maximum atomic E-state index is 13.7. The highest BCUT2D eigenvalue weighted by atomic mass is 79.9. The molecule has 242 valence electrons. The molecule has 3 amide bonds. The molecule has 0 saturated carbocycles. The van der Waals surface area contributed by atoms with Gasteiger partial charge in [0.2, 0.25) is 5.91 Å². The smallest absolute Gasteiger partial charge is 0.272 e. The molecule has 5 rings (SSSR count). The van der Waals surface area contributed by atoms with Gasteiger partial charge in [0.15, 0.2) is 0 Å². The molecule has 0 saturated heterocycles. The van der Waals surface area contributed by atoms with Gasteiger partial charge in [0, 0.05) is 31.7 Å².